The molecule has 0 radical (unpaired) electrons. The lowest BCUT2D eigenvalue weighted by molar-refractivity contribution is 0.102. The van der Waals surface area contributed by atoms with Gasteiger partial charge in [0.15, 0.2) is 28.5 Å². The third kappa shape index (κ3) is 4.50. The number of aromatic nitrogens is 4. The highest BCUT2D eigenvalue weighted by Crippen LogP contribution is 2.31. The van der Waals surface area contributed by atoms with Gasteiger partial charge >= 0.3 is 0 Å². The van der Waals surface area contributed by atoms with Crippen LogP contribution < -0.4 is 15.5 Å². The number of para-hydroxylation sites is 1. The fourth-order valence-corrected chi connectivity index (χ4v) is 4.71. The van der Waals surface area contributed by atoms with E-state index in [2.05, 4.69) is 31.2 Å². The van der Waals surface area contributed by atoms with E-state index in [1.807, 2.05) is 0 Å². The Labute approximate surface area is 233 Å². The summed E-state index contributed by atoms with van der Waals surface area (Å²) in [7, 11) is 1.78. The van der Waals surface area contributed by atoms with Gasteiger partial charge in [-0.05, 0) is 42.5 Å². The third-order valence-corrected chi connectivity index (χ3v) is 6.79. The molecule has 3 heterocycles. The van der Waals surface area contributed by atoms with E-state index in [0.717, 1.165) is 6.07 Å². The topological polar surface area (TPSA) is 91.0 Å². The maximum absolute atomic E-state index is 15.0. The molecule has 3 aromatic heterocycles. The van der Waals surface area contributed by atoms with Gasteiger partial charge in [-0.25, -0.2) is 18.7 Å². The maximum Gasteiger partial charge on any atom is 0.261 e. The van der Waals surface area contributed by atoms with E-state index >= 15 is 4.39 Å². The van der Waals surface area contributed by atoms with Crippen LogP contribution in [0.5, 0.6) is 11.5 Å². The third-order valence-electron chi connectivity index (χ3n) is 6.30. The van der Waals surface area contributed by atoms with Crippen molar-refractivity contribution in [1.82, 2.24) is 19.1 Å². The van der Waals surface area contributed by atoms with Crippen molar-refractivity contribution in [3.63, 3.8) is 0 Å². The summed E-state index contributed by atoms with van der Waals surface area (Å²) in [5.74, 6) is -1.84. The van der Waals surface area contributed by atoms with Crippen LogP contribution in [0.15, 0.2) is 94.7 Å². The number of nitrogens with one attached hydrogen (secondary N) is 1. The second kappa shape index (κ2) is 10.0. The highest BCUT2D eigenvalue weighted by Gasteiger charge is 2.19. The number of hydrogen-bond donors (Lipinski definition) is 1. The van der Waals surface area contributed by atoms with Gasteiger partial charge in [0.25, 0.3) is 5.91 Å². The molecule has 40 heavy (non-hydrogen) atoms. The number of nitrogens with zero attached hydrogens (tertiary/aromatic N) is 4. The normalized spacial score (nSPS) is 11.2. The summed E-state index contributed by atoms with van der Waals surface area (Å²) in [5, 5.41) is 2.78. The molecule has 6 aromatic rings. The molecule has 8 nitrogen and oxygen atoms in total. The minimum absolute atomic E-state index is 0.0880. The molecule has 198 valence electrons. The standard InChI is InChI=1S/C29H18BrF2N5O3/c1-36-15-34-26-25(10-11-33-28(26)36)40-24-9-7-17(13-21(24)32)35-29(39)19-14-37(23-8-6-16(30)12-20(23)31)22-5-3-2-4-18(22)27(19)38/h2-15H,1H3,(H,35,39). The van der Waals surface area contributed by atoms with E-state index in [0.29, 0.717) is 26.9 Å². The largest absolute Gasteiger partial charge is 0.452 e. The maximum atomic E-state index is 15.0. The van der Waals surface area contributed by atoms with Gasteiger partial charge in [0.2, 0.25) is 5.43 Å². The molecule has 3 aromatic carbocycles. The summed E-state index contributed by atoms with van der Waals surface area (Å²) >= 11 is 3.24. The van der Waals surface area contributed by atoms with E-state index in [4.69, 9.17) is 4.74 Å². The van der Waals surface area contributed by atoms with E-state index in [-0.39, 0.29) is 28.1 Å². The number of aryl methyl sites for hydroxylation is 1. The van der Waals surface area contributed by atoms with Crippen molar-refractivity contribution in [1.29, 1.82) is 0 Å². The molecule has 0 atom stereocenters. The number of benzene rings is 3. The first kappa shape index (κ1) is 25.4. The number of anilines is 1. The van der Waals surface area contributed by atoms with Crippen molar-refractivity contribution < 1.29 is 18.3 Å². The van der Waals surface area contributed by atoms with Gasteiger partial charge in [-0.3, -0.25) is 9.59 Å². The molecule has 0 bridgehead atoms. The van der Waals surface area contributed by atoms with Gasteiger partial charge in [0.05, 0.1) is 17.5 Å². The molecule has 0 unspecified atom stereocenters. The lowest BCUT2D eigenvalue weighted by Crippen LogP contribution is -2.24. The summed E-state index contributed by atoms with van der Waals surface area (Å²) in [6.07, 6.45) is 4.38. The molecular weight excluding hydrogens is 584 g/mol. The Bertz CT molecular complexity index is 2020. The highest BCUT2D eigenvalue weighted by atomic mass is 79.9. The number of imidazole rings is 1. The van der Waals surface area contributed by atoms with Crippen molar-refractivity contribution in [2.24, 2.45) is 7.05 Å². The SMILES string of the molecule is Cn1cnc2c(Oc3ccc(NC(=O)c4cn(-c5ccc(Br)cc5F)c5ccccc5c4=O)cc3F)ccnc21. The second-order valence-electron chi connectivity index (χ2n) is 8.89. The fraction of sp³-hybridized carbons (Fsp3) is 0.0345. The van der Waals surface area contributed by atoms with Crippen molar-refractivity contribution in [2.45, 2.75) is 0 Å². The first-order valence-electron chi connectivity index (χ1n) is 11.9. The predicted molar refractivity (Wildman–Crippen MR) is 150 cm³/mol. The number of ether oxygens (including phenoxy) is 1. The summed E-state index contributed by atoms with van der Waals surface area (Å²) in [5.41, 5.74) is 0.939. The van der Waals surface area contributed by atoms with Crippen molar-refractivity contribution in [3.8, 4) is 17.2 Å². The first-order valence-corrected chi connectivity index (χ1v) is 12.7. The highest BCUT2D eigenvalue weighted by molar-refractivity contribution is 9.10. The van der Waals surface area contributed by atoms with Gasteiger partial charge in [-0.15, -0.1) is 0 Å². The summed E-state index contributed by atoms with van der Waals surface area (Å²) < 4.78 is 39.3. The molecule has 0 aliphatic rings. The van der Waals surface area contributed by atoms with Crippen LogP contribution in [0.1, 0.15) is 10.4 Å². The first-order chi connectivity index (χ1) is 19.3. The molecular formula is C29H18BrF2N5O3. The van der Waals surface area contributed by atoms with Crippen LogP contribution in [0.4, 0.5) is 14.5 Å². The Morgan fingerprint density at radius 2 is 1.80 bits per heavy atom. The number of fused-ring (bicyclic) bond motifs is 2. The van der Waals surface area contributed by atoms with Crippen LogP contribution in [0.3, 0.4) is 0 Å². The second-order valence-corrected chi connectivity index (χ2v) is 9.81. The van der Waals surface area contributed by atoms with Gasteiger partial charge in [-0.1, -0.05) is 28.1 Å². The number of hydrogen-bond acceptors (Lipinski definition) is 5. The van der Waals surface area contributed by atoms with Crippen LogP contribution in [0.25, 0.3) is 27.8 Å². The fourth-order valence-electron chi connectivity index (χ4n) is 4.38. The van der Waals surface area contributed by atoms with Crippen LogP contribution >= 0.6 is 15.9 Å². The molecule has 0 spiro atoms. The lowest BCUT2D eigenvalue weighted by Gasteiger charge is -2.15. The number of pyridine rings is 2. The average molecular weight is 602 g/mol. The molecule has 11 heteroatoms. The minimum atomic E-state index is -0.778. The minimum Gasteiger partial charge on any atom is -0.452 e. The zero-order valence-corrected chi connectivity index (χ0v) is 22.3. The number of amides is 1. The molecule has 0 fully saturated rings. The van der Waals surface area contributed by atoms with Crippen LogP contribution in [-0.4, -0.2) is 25.0 Å². The van der Waals surface area contributed by atoms with Crippen LogP contribution in [0, 0.1) is 11.6 Å². The Morgan fingerprint density at radius 3 is 2.60 bits per heavy atom. The summed E-state index contributed by atoms with van der Waals surface area (Å²) in [6.45, 7) is 0. The molecule has 1 N–H and O–H groups in total. The summed E-state index contributed by atoms with van der Waals surface area (Å²) in [6, 6.07) is 16.5. The van der Waals surface area contributed by atoms with Gasteiger partial charge < -0.3 is 19.2 Å². The molecule has 0 saturated carbocycles. The predicted octanol–water partition coefficient (Wildman–Crippen LogP) is 6.36. The number of carbonyl (C=O) groups is 1. The average Bonchev–Trinajstić information content (AvgIpc) is 3.32. The summed E-state index contributed by atoms with van der Waals surface area (Å²) in [4.78, 5) is 34.9. The Kier molecular flexibility index (Phi) is 6.35. The molecule has 0 aliphatic heterocycles. The van der Waals surface area contributed by atoms with Gasteiger partial charge in [0, 0.05) is 47.1 Å². The lowest BCUT2D eigenvalue weighted by atomic mass is 10.1. The Balaban J connectivity index is 1.33. The molecule has 6 rings (SSSR count). The quantitative estimate of drug-likeness (QED) is 0.248. The van der Waals surface area contributed by atoms with E-state index in [9.17, 15) is 14.0 Å². The van der Waals surface area contributed by atoms with E-state index in [1.54, 1.807) is 54.3 Å². The van der Waals surface area contributed by atoms with E-state index in [1.165, 1.54) is 41.2 Å². The number of carbonyl (C=O) groups excluding carboxylic acids is 1. The van der Waals surface area contributed by atoms with Gasteiger partial charge in [-0.2, -0.15) is 0 Å². The van der Waals surface area contributed by atoms with Crippen LogP contribution in [-0.2, 0) is 7.05 Å². The molecule has 1 amide bonds. The van der Waals surface area contributed by atoms with E-state index < -0.39 is 23.0 Å². The Morgan fingerprint density at radius 1 is 0.975 bits per heavy atom. The number of rotatable bonds is 5. The van der Waals surface area contributed by atoms with Crippen molar-refractivity contribution >= 4 is 49.6 Å². The van der Waals surface area contributed by atoms with Crippen LogP contribution in [0.2, 0.25) is 0 Å². The number of halogens is 3. The van der Waals surface area contributed by atoms with Crippen molar-refractivity contribution in [2.75, 3.05) is 5.32 Å². The smallest absolute Gasteiger partial charge is 0.261 e. The van der Waals surface area contributed by atoms with Gasteiger partial charge in [0.1, 0.15) is 11.4 Å². The molecule has 0 aliphatic carbocycles. The van der Waals surface area contributed by atoms with Crippen molar-refractivity contribution in [3.05, 3.63) is 117 Å². The molecule has 0 saturated heterocycles. The zero-order chi connectivity index (χ0) is 28.0. The zero-order valence-electron chi connectivity index (χ0n) is 20.7. The Hall–Kier alpha value is -4.90. The monoisotopic (exact) mass is 601 g/mol.